The summed E-state index contributed by atoms with van der Waals surface area (Å²) in [6, 6.07) is 0.450. The number of rotatable bonds is 7. The van der Waals surface area contributed by atoms with Crippen molar-refractivity contribution < 1.29 is 45.0 Å². The van der Waals surface area contributed by atoms with Crippen LogP contribution in [0.2, 0.25) is 0 Å². The predicted octanol–water partition coefficient (Wildman–Crippen LogP) is -1.20. The van der Waals surface area contributed by atoms with Crippen LogP contribution in [0, 0.1) is 11.8 Å². The third kappa shape index (κ3) is 4.13. The highest BCUT2D eigenvalue weighted by Crippen LogP contribution is 2.54. The molecule has 3 aliphatic carbocycles. The second-order valence-corrected chi connectivity index (χ2v) is 10.7. The first-order valence-electron chi connectivity index (χ1n) is 12.4. The van der Waals surface area contributed by atoms with Gasteiger partial charge in [-0.1, -0.05) is 0 Å². The van der Waals surface area contributed by atoms with Crippen molar-refractivity contribution in [3.05, 3.63) is 34.1 Å². The van der Waals surface area contributed by atoms with E-state index in [1.54, 1.807) is 25.1 Å². The minimum Gasteiger partial charge on any atom is -0.508 e. The summed E-state index contributed by atoms with van der Waals surface area (Å²) < 4.78 is 0. The van der Waals surface area contributed by atoms with Gasteiger partial charge in [0.25, 0.3) is 5.91 Å². The van der Waals surface area contributed by atoms with Crippen molar-refractivity contribution in [2.45, 2.75) is 30.6 Å². The van der Waals surface area contributed by atoms with E-state index in [1.165, 1.54) is 19.0 Å². The number of amides is 1. The van der Waals surface area contributed by atoms with Crippen molar-refractivity contribution in [1.29, 1.82) is 0 Å². The monoisotopic (exact) mass is 546 g/mol. The SMILES string of the molecule is CN(C)c1cc(NCC(O)CO)c(O)c2c1C[C@@H]1C[C@@H]3[C@@H](N(C)C)C(=O)C(C(N)=O)=C(O)[C@]3(O)C(=O)C1=C2O. The molecular formula is C26H34N4O9. The Labute approximate surface area is 224 Å². The van der Waals surface area contributed by atoms with E-state index in [4.69, 9.17) is 10.8 Å². The first-order chi connectivity index (χ1) is 18.2. The number of hydrogen-bond donors (Lipinski definition) is 8. The number of aliphatic hydroxyl groups excluding tert-OH is 4. The van der Waals surface area contributed by atoms with E-state index < -0.39 is 76.5 Å². The zero-order valence-electron chi connectivity index (χ0n) is 22.1. The second-order valence-electron chi connectivity index (χ2n) is 10.7. The quantitative estimate of drug-likeness (QED) is 0.149. The van der Waals surface area contributed by atoms with Crippen LogP contribution in [0.25, 0.3) is 5.76 Å². The van der Waals surface area contributed by atoms with Crippen molar-refractivity contribution in [3.63, 3.8) is 0 Å². The van der Waals surface area contributed by atoms with Crippen molar-refractivity contribution in [1.82, 2.24) is 4.90 Å². The van der Waals surface area contributed by atoms with E-state index in [0.717, 1.165) is 0 Å². The lowest BCUT2D eigenvalue weighted by Crippen LogP contribution is -2.65. The van der Waals surface area contributed by atoms with Gasteiger partial charge in [-0.15, -0.1) is 0 Å². The molecule has 3 aliphatic rings. The molecular weight excluding hydrogens is 512 g/mol. The molecule has 212 valence electrons. The van der Waals surface area contributed by atoms with Gasteiger partial charge in [0.2, 0.25) is 5.78 Å². The Balaban J connectivity index is 1.94. The van der Waals surface area contributed by atoms with Crippen molar-refractivity contribution in [2.24, 2.45) is 17.6 Å². The number of carbonyl (C=O) groups is 3. The number of nitrogens with two attached hydrogens (primary N) is 1. The molecule has 4 rings (SSSR count). The van der Waals surface area contributed by atoms with Gasteiger partial charge in [-0.2, -0.15) is 0 Å². The summed E-state index contributed by atoms with van der Waals surface area (Å²) in [7, 11) is 6.57. The van der Waals surface area contributed by atoms with Gasteiger partial charge in [0.05, 0.1) is 30.0 Å². The fraction of sp³-hybridized carbons (Fsp3) is 0.500. The minimum absolute atomic E-state index is 0.0118. The number of phenols is 1. The smallest absolute Gasteiger partial charge is 0.255 e. The Kier molecular flexibility index (Phi) is 7.15. The minimum atomic E-state index is -2.72. The van der Waals surface area contributed by atoms with Crippen molar-refractivity contribution >= 4 is 34.6 Å². The van der Waals surface area contributed by atoms with Gasteiger partial charge in [-0.3, -0.25) is 19.3 Å². The number of anilines is 2. The number of aromatic hydroxyl groups is 1. The number of nitrogens with zero attached hydrogens (tertiary/aromatic N) is 2. The van der Waals surface area contributed by atoms with Gasteiger partial charge in [0, 0.05) is 37.8 Å². The Bertz CT molecular complexity index is 1320. The average Bonchev–Trinajstić information content (AvgIpc) is 2.84. The third-order valence-corrected chi connectivity index (χ3v) is 7.92. The molecule has 0 aromatic heterocycles. The Morgan fingerprint density at radius 3 is 2.38 bits per heavy atom. The number of benzene rings is 1. The van der Waals surface area contributed by atoms with Crippen LogP contribution in [0.3, 0.4) is 0 Å². The average molecular weight is 547 g/mol. The molecule has 0 bridgehead atoms. The molecule has 1 aromatic carbocycles. The zero-order chi connectivity index (χ0) is 29.1. The van der Waals surface area contributed by atoms with Crippen LogP contribution in [0.4, 0.5) is 11.4 Å². The number of fused-ring (bicyclic) bond motifs is 3. The summed E-state index contributed by atoms with van der Waals surface area (Å²) in [5.74, 6) is -7.24. The molecule has 13 nitrogen and oxygen atoms in total. The lowest BCUT2D eigenvalue weighted by atomic mass is 9.57. The maximum absolute atomic E-state index is 13.9. The number of nitrogens with one attached hydrogen (secondary N) is 1. The highest BCUT2D eigenvalue weighted by atomic mass is 16.3. The van der Waals surface area contributed by atoms with Crippen LogP contribution >= 0.6 is 0 Å². The summed E-state index contributed by atoms with van der Waals surface area (Å²) in [5, 5.41) is 66.9. The summed E-state index contributed by atoms with van der Waals surface area (Å²) in [6.07, 6.45) is -0.990. The Morgan fingerprint density at radius 1 is 1.21 bits per heavy atom. The highest BCUT2D eigenvalue weighted by molar-refractivity contribution is 6.24. The molecule has 0 heterocycles. The van der Waals surface area contributed by atoms with Crippen molar-refractivity contribution in [3.8, 4) is 5.75 Å². The Hall–Kier alpha value is -3.65. The van der Waals surface area contributed by atoms with E-state index in [-0.39, 0.29) is 36.2 Å². The summed E-state index contributed by atoms with van der Waals surface area (Å²) in [5.41, 5.74) is 2.64. The molecule has 0 spiro atoms. The molecule has 0 radical (unpaired) electrons. The van der Waals surface area contributed by atoms with Gasteiger partial charge >= 0.3 is 0 Å². The number of aliphatic hydroxyl groups is 5. The normalized spacial score (nSPS) is 27.2. The number of ketones is 2. The lowest BCUT2D eigenvalue weighted by Gasteiger charge is -2.50. The standard InChI is InChI=1S/C26H34N4O9/c1-29(2)15-7-14(28-8-11(32)9-31)20(33)17-12(15)5-10-6-13-19(30(3)4)22(35)18(25(27)38)24(37)26(13,39)23(36)16(10)21(17)34/h7,10-11,13,19,28,31-34,37,39H,5-6,8-9H2,1-4H3,(H2,27,38)/t10-,11?,13-,19-,26-/m1/s1. The molecule has 5 atom stereocenters. The van der Waals surface area contributed by atoms with E-state index >= 15 is 0 Å². The molecule has 9 N–H and O–H groups in total. The van der Waals surface area contributed by atoms with E-state index in [1.807, 2.05) is 0 Å². The van der Waals surface area contributed by atoms with Crippen LogP contribution in [0.15, 0.2) is 23.0 Å². The summed E-state index contributed by atoms with van der Waals surface area (Å²) in [4.78, 5) is 42.4. The zero-order valence-corrected chi connectivity index (χ0v) is 22.1. The number of likely N-dealkylation sites (N-methyl/N-ethyl adjacent to an activating group) is 1. The molecule has 0 saturated heterocycles. The van der Waals surface area contributed by atoms with Gasteiger partial charge in [0.1, 0.15) is 22.8 Å². The molecule has 39 heavy (non-hydrogen) atoms. The third-order valence-electron chi connectivity index (χ3n) is 7.92. The number of phenolic OH excluding ortho intramolecular Hbond substituents is 1. The molecule has 1 aromatic rings. The van der Waals surface area contributed by atoms with Gasteiger partial charge < -0.3 is 46.6 Å². The van der Waals surface area contributed by atoms with Gasteiger partial charge in [-0.05, 0) is 44.5 Å². The summed E-state index contributed by atoms with van der Waals surface area (Å²) >= 11 is 0. The van der Waals surface area contributed by atoms with Gasteiger partial charge in [0.15, 0.2) is 11.4 Å². The van der Waals surface area contributed by atoms with Gasteiger partial charge in [-0.25, -0.2) is 0 Å². The Morgan fingerprint density at radius 2 is 1.85 bits per heavy atom. The molecule has 1 saturated carbocycles. The van der Waals surface area contributed by atoms with E-state index in [0.29, 0.717) is 11.3 Å². The molecule has 1 unspecified atom stereocenters. The molecule has 1 fully saturated rings. The first-order valence-corrected chi connectivity index (χ1v) is 12.4. The fourth-order valence-electron chi connectivity index (χ4n) is 6.12. The van der Waals surface area contributed by atoms with Crippen LogP contribution < -0.4 is 16.0 Å². The maximum Gasteiger partial charge on any atom is 0.255 e. The van der Waals surface area contributed by atoms with Crippen LogP contribution in [-0.4, -0.2) is 112 Å². The van der Waals surface area contributed by atoms with E-state index in [9.17, 15) is 39.9 Å². The fourth-order valence-corrected chi connectivity index (χ4v) is 6.12. The van der Waals surface area contributed by atoms with Crippen LogP contribution in [0.1, 0.15) is 17.5 Å². The number of Topliss-reactive ketones (excluding diaryl/α,β-unsaturated/α-hetero) is 2. The van der Waals surface area contributed by atoms with Crippen LogP contribution in [0.5, 0.6) is 5.75 Å². The van der Waals surface area contributed by atoms with Crippen LogP contribution in [-0.2, 0) is 20.8 Å². The lowest BCUT2D eigenvalue weighted by molar-refractivity contribution is -0.153. The first kappa shape index (κ1) is 28.4. The number of carbonyl (C=O) groups excluding carboxylic acids is 3. The second kappa shape index (κ2) is 9.83. The van der Waals surface area contributed by atoms with E-state index in [2.05, 4.69) is 5.32 Å². The highest BCUT2D eigenvalue weighted by Gasteiger charge is 2.64. The summed E-state index contributed by atoms with van der Waals surface area (Å²) in [6.45, 7) is -0.643. The van der Waals surface area contributed by atoms with Crippen molar-refractivity contribution in [2.75, 3.05) is 51.6 Å². The predicted molar refractivity (Wildman–Crippen MR) is 140 cm³/mol. The number of primary amides is 1. The molecule has 0 aliphatic heterocycles. The number of hydrogen-bond acceptors (Lipinski definition) is 12. The topological polar surface area (TPSA) is 217 Å². The maximum atomic E-state index is 13.9. The molecule has 1 amide bonds. The largest absolute Gasteiger partial charge is 0.508 e. The molecule has 13 heteroatoms.